The van der Waals surface area contributed by atoms with Crippen LogP contribution in [0.4, 0.5) is 0 Å². The normalized spacial score (nSPS) is 20.6. The van der Waals surface area contributed by atoms with Crippen LogP contribution in [0.2, 0.25) is 0 Å². The number of thiophene rings is 1. The minimum atomic E-state index is 0.334. The number of likely N-dealkylation sites (tertiary alicyclic amines) is 1. The van der Waals surface area contributed by atoms with Crippen molar-refractivity contribution in [2.75, 3.05) is 19.6 Å². The predicted molar refractivity (Wildman–Crippen MR) is 82.7 cm³/mol. The van der Waals surface area contributed by atoms with E-state index in [2.05, 4.69) is 34.2 Å². The maximum Gasteiger partial charge on any atom is 0.236 e. The molecule has 1 aliphatic carbocycles. The van der Waals surface area contributed by atoms with Crippen molar-refractivity contribution < 1.29 is 4.79 Å². The summed E-state index contributed by atoms with van der Waals surface area (Å²) in [5.74, 6) is 1.12. The van der Waals surface area contributed by atoms with Gasteiger partial charge in [-0.15, -0.1) is 11.3 Å². The van der Waals surface area contributed by atoms with Gasteiger partial charge in [0, 0.05) is 30.6 Å². The number of piperidine rings is 1. The number of rotatable bonds is 5. The summed E-state index contributed by atoms with van der Waals surface area (Å²) in [6.07, 6.45) is 4.85. The van der Waals surface area contributed by atoms with Crippen LogP contribution in [0, 0.1) is 5.92 Å². The molecule has 110 valence electrons. The lowest BCUT2D eigenvalue weighted by molar-refractivity contribution is -0.134. The molecule has 0 radical (unpaired) electrons. The Morgan fingerprint density at radius 2 is 2.10 bits per heavy atom. The summed E-state index contributed by atoms with van der Waals surface area (Å²) < 4.78 is 0. The molecule has 20 heavy (non-hydrogen) atoms. The van der Waals surface area contributed by atoms with Crippen molar-refractivity contribution in [2.24, 2.45) is 5.92 Å². The summed E-state index contributed by atoms with van der Waals surface area (Å²) in [6, 6.07) is 4.91. The Bertz CT molecular complexity index is 433. The molecule has 0 unspecified atom stereocenters. The third-order valence-electron chi connectivity index (χ3n) is 4.48. The predicted octanol–water partition coefficient (Wildman–Crippen LogP) is 2.97. The van der Waals surface area contributed by atoms with Crippen LogP contribution in [-0.4, -0.2) is 41.4 Å². The fraction of sp³-hybridized carbons (Fsp3) is 0.688. The molecule has 2 fully saturated rings. The Morgan fingerprint density at radius 1 is 1.35 bits per heavy atom. The van der Waals surface area contributed by atoms with E-state index in [-0.39, 0.29) is 0 Å². The topological polar surface area (TPSA) is 23.6 Å². The van der Waals surface area contributed by atoms with Crippen molar-refractivity contribution in [1.29, 1.82) is 0 Å². The molecule has 0 bridgehead atoms. The minimum absolute atomic E-state index is 0.334. The first kappa shape index (κ1) is 14.1. The van der Waals surface area contributed by atoms with Gasteiger partial charge in [-0.25, -0.2) is 0 Å². The van der Waals surface area contributed by atoms with Gasteiger partial charge in [0.25, 0.3) is 0 Å². The van der Waals surface area contributed by atoms with Crippen molar-refractivity contribution in [3.8, 4) is 0 Å². The molecule has 1 saturated heterocycles. The Kier molecular flexibility index (Phi) is 4.41. The molecule has 0 N–H and O–H groups in total. The van der Waals surface area contributed by atoms with Crippen molar-refractivity contribution in [3.05, 3.63) is 22.4 Å². The molecule has 4 heteroatoms. The zero-order chi connectivity index (χ0) is 13.9. The Balaban J connectivity index is 1.54. The van der Waals surface area contributed by atoms with E-state index in [1.807, 2.05) is 0 Å². The van der Waals surface area contributed by atoms with Gasteiger partial charge in [0.1, 0.15) is 0 Å². The lowest BCUT2D eigenvalue weighted by atomic mass is 9.99. The Hall–Kier alpha value is -0.870. The summed E-state index contributed by atoms with van der Waals surface area (Å²) >= 11 is 1.79. The molecular formula is C16H24N2OS. The molecule has 0 spiro atoms. The molecule has 0 aromatic carbocycles. The zero-order valence-electron chi connectivity index (χ0n) is 12.3. The van der Waals surface area contributed by atoms with Crippen molar-refractivity contribution in [1.82, 2.24) is 9.80 Å². The second-order valence-corrected chi connectivity index (χ2v) is 7.31. The third kappa shape index (κ3) is 3.61. The van der Waals surface area contributed by atoms with E-state index in [9.17, 15) is 4.79 Å². The second-order valence-electron chi connectivity index (χ2n) is 6.28. The van der Waals surface area contributed by atoms with Gasteiger partial charge in [-0.05, 0) is 43.0 Å². The fourth-order valence-corrected chi connectivity index (χ4v) is 3.62. The maximum atomic E-state index is 12.5. The molecule has 1 aromatic heterocycles. The first-order valence-corrected chi connectivity index (χ1v) is 8.64. The highest BCUT2D eigenvalue weighted by Crippen LogP contribution is 2.29. The van der Waals surface area contributed by atoms with E-state index in [1.165, 1.54) is 30.6 Å². The van der Waals surface area contributed by atoms with Crippen LogP contribution in [-0.2, 0) is 11.3 Å². The maximum absolute atomic E-state index is 12.5. The number of carbonyl (C=O) groups is 1. The number of hydrogen-bond donors (Lipinski definition) is 0. The summed E-state index contributed by atoms with van der Waals surface area (Å²) in [5.41, 5.74) is 0. The molecule has 2 heterocycles. The van der Waals surface area contributed by atoms with Crippen LogP contribution in [0.25, 0.3) is 0 Å². The number of carbonyl (C=O) groups excluding carboxylic acids is 1. The van der Waals surface area contributed by atoms with E-state index in [0.717, 1.165) is 25.6 Å². The van der Waals surface area contributed by atoms with Crippen molar-refractivity contribution in [3.63, 3.8) is 0 Å². The zero-order valence-corrected chi connectivity index (χ0v) is 13.1. The molecule has 1 amide bonds. The lowest BCUT2D eigenvalue weighted by Gasteiger charge is -2.32. The quantitative estimate of drug-likeness (QED) is 0.833. The largest absolute Gasteiger partial charge is 0.342 e. The van der Waals surface area contributed by atoms with Crippen LogP contribution in [0.3, 0.4) is 0 Å². The molecule has 0 atom stereocenters. The molecule has 1 saturated carbocycles. The SMILES string of the molecule is CC1CCN(C(=O)CN(Cc2cccs2)C2CC2)CC1. The van der Waals surface area contributed by atoms with E-state index >= 15 is 0 Å². The summed E-state index contributed by atoms with van der Waals surface area (Å²) in [4.78, 5) is 18.3. The van der Waals surface area contributed by atoms with Crippen LogP contribution in [0.15, 0.2) is 17.5 Å². The monoisotopic (exact) mass is 292 g/mol. The van der Waals surface area contributed by atoms with Gasteiger partial charge < -0.3 is 4.90 Å². The van der Waals surface area contributed by atoms with Crippen LogP contribution in [0.5, 0.6) is 0 Å². The van der Waals surface area contributed by atoms with Gasteiger partial charge >= 0.3 is 0 Å². The average Bonchev–Trinajstić information content (AvgIpc) is 3.17. The van der Waals surface area contributed by atoms with Gasteiger partial charge in [0.05, 0.1) is 6.54 Å². The Labute approximate surface area is 125 Å². The molecule has 2 aliphatic rings. The highest BCUT2D eigenvalue weighted by atomic mass is 32.1. The smallest absolute Gasteiger partial charge is 0.236 e. The van der Waals surface area contributed by atoms with Crippen LogP contribution in [0.1, 0.15) is 37.5 Å². The molecule has 1 aliphatic heterocycles. The van der Waals surface area contributed by atoms with Crippen molar-refractivity contribution in [2.45, 2.75) is 45.2 Å². The first-order chi connectivity index (χ1) is 9.72. The highest BCUT2D eigenvalue weighted by Gasteiger charge is 2.32. The third-order valence-corrected chi connectivity index (χ3v) is 5.34. The van der Waals surface area contributed by atoms with Gasteiger partial charge in [0.15, 0.2) is 0 Å². The molecule has 3 nitrogen and oxygen atoms in total. The molecular weight excluding hydrogens is 268 g/mol. The summed E-state index contributed by atoms with van der Waals surface area (Å²) in [7, 11) is 0. The summed E-state index contributed by atoms with van der Waals surface area (Å²) in [6.45, 7) is 5.75. The number of amides is 1. The van der Waals surface area contributed by atoms with Gasteiger partial charge in [-0.1, -0.05) is 13.0 Å². The van der Waals surface area contributed by atoms with E-state index in [4.69, 9.17) is 0 Å². The second kappa shape index (κ2) is 6.27. The van der Waals surface area contributed by atoms with Gasteiger partial charge in [0.2, 0.25) is 5.91 Å². The van der Waals surface area contributed by atoms with Gasteiger partial charge in [-0.3, -0.25) is 9.69 Å². The van der Waals surface area contributed by atoms with Gasteiger partial charge in [-0.2, -0.15) is 0 Å². The highest BCUT2D eigenvalue weighted by molar-refractivity contribution is 7.09. The van der Waals surface area contributed by atoms with E-state index < -0.39 is 0 Å². The number of nitrogens with zero attached hydrogens (tertiary/aromatic N) is 2. The average molecular weight is 292 g/mol. The molecule has 3 rings (SSSR count). The minimum Gasteiger partial charge on any atom is -0.342 e. The van der Waals surface area contributed by atoms with Crippen LogP contribution < -0.4 is 0 Å². The Morgan fingerprint density at radius 3 is 2.70 bits per heavy atom. The fourth-order valence-electron chi connectivity index (χ4n) is 2.89. The van der Waals surface area contributed by atoms with E-state index in [1.54, 1.807) is 11.3 Å². The standard InChI is InChI=1S/C16H24N2OS/c1-13-6-8-17(9-7-13)16(19)12-18(14-4-5-14)11-15-3-2-10-20-15/h2-3,10,13-14H,4-9,11-12H2,1H3. The summed E-state index contributed by atoms with van der Waals surface area (Å²) in [5, 5.41) is 2.12. The molecule has 1 aromatic rings. The number of hydrogen-bond acceptors (Lipinski definition) is 3. The van der Waals surface area contributed by atoms with Crippen LogP contribution >= 0.6 is 11.3 Å². The van der Waals surface area contributed by atoms with Crippen molar-refractivity contribution >= 4 is 17.2 Å². The first-order valence-electron chi connectivity index (χ1n) is 7.76. The van der Waals surface area contributed by atoms with E-state index in [0.29, 0.717) is 18.5 Å². The lowest BCUT2D eigenvalue weighted by Crippen LogP contribution is -2.44.